The summed E-state index contributed by atoms with van der Waals surface area (Å²) in [6, 6.07) is 0. The van der Waals surface area contributed by atoms with Gasteiger partial charge in [0.1, 0.15) is 0 Å². The molecular formula is C17H30N2O2S. The van der Waals surface area contributed by atoms with Crippen LogP contribution < -0.4 is 0 Å². The number of thioether (sulfide) groups is 1. The van der Waals surface area contributed by atoms with Crippen LogP contribution in [0, 0.1) is 5.92 Å². The van der Waals surface area contributed by atoms with Crippen molar-refractivity contribution in [2.24, 2.45) is 5.92 Å². The van der Waals surface area contributed by atoms with Gasteiger partial charge in [0.05, 0.1) is 0 Å². The molecule has 4 nitrogen and oxygen atoms in total. The average molecular weight is 327 g/mol. The van der Waals surface area contributed by atoms with E-state index in [-0.39, 0.29) is 5.91 Å². The molecule has 1 unspecified atom stereocenters. The van der Waals surface area contributed by atoms with Crippen molar-refractivity contribution in [2.45, 2.75) is 50.5 Å². The van der Waals surface area contributed by atoms with Crippen LogP contribution in [0.1, 0.15) is 44.9 Å². The van der Waals surface area contributed by atoms with Gasteiger partial charge in [-0.3, -0.25) is 9.69 Å². The smallest absolute Gasteiger partial charge is 0.255 e. The summed E-state index contributed by atoms with van der Waals surface area (Å²) in [7, 11) is 0. The van der Waals surface area contributed by atoms with Crippen LogP contribution in [-0.2, 0) is 4.79 Å². The summed E-state index contributed by atoms with van der Waals surface area (Å²) in [5.41, 5.74) is -1.13. The Hall–Kier alpha value is -0.260. The fraction of sp³-hybridized carbons (Fsp3) is 0.941. The van der Waals surface area contributed by atoms with E-state index >= 15 is 0 Å². The van der Waals surface area contributed by atoms with Crippen LogP contribution in [0.4, 0.5) is 0 Å². The molecule has 0 aromatic carbocycles. The maximum atomic E-state index is 12.8. The minimum Gasteiger partial charge on any atom is -0.379 e. The summed E-state index contributed by atoms with van der Waals surface area (Å²) in [6.07, 6.45) is 8.05. The quantitative estimate of drug-likeness (QED) is 0.858. The van der Waals surface area contributed by atoms with Crippen LogP contribution in [0.25, 0.3) is 0 Å². The predicted octanol–water partition coefficient (Wildman–Crippen LogP) is 1.97. The van der Waals surface area contributed by atoms with Crippen molar-refractivity contribution in [3.05, 3.63) is 0 Å². The molecule has 2 aliphatic heterocycles. The molecule has 0 radical (unpaired) electrons. The molecule has 1 amide bonds. The summed E-state index contributed by atoms with van der Waals surface area (Å²) in [4.78, 5) is 17.1. The molecule has 22 heavy (non-hydrogen) atoms. The summed E-state index contributed by atoms with van der Waals surface area (Å²) in [5, 5.41) is 11.0. The average Bonchev–Trinajstić information content (AvgIpc) is 2.54. The summed E-state index contributed by atoms with van der Waals surface area (Å²) in [5.74, 6) is 2.90. The molecule has 0 aromatic heterocycles. The zero-order valence-electron chi connectivity index (χ0n) is 13.6. The molecule has 2 heterocycles. The van der Waals surface area contributed by atoms with Crippen LogP contribution in [0.2, 0.25) is 0 Å². The van der Waals surface area contributed by atoms with E-state index in [9.17, 15) is 9.90 Å². The zero-order chi connectivity index (χ0) is 15.4. The highest BCUT2D eigenvalue weighted by Gasteiger charge is 2.43. The van der Waals surface area contributed by atoms with Gasteiger partial charge >= 0.3 is 0 Å². The number of likely N-dealkylation sites (tertiary alicyclic amines) is 1. The first-order valence-electron chi connectivity index (χ1n) is 8.99. The van der Waals surface area contributed by atoms with Crippen LogP contribution in [0.15, 0.2) is 0 Å². The number of rotatable bonds is 4. The van der Waals surface area contributed by atoms with Gasteiger partial charge < -0.3 is 10.0 Å². The first-order chi connectivity index (χ1) is 10.7. The molecule has 2 saturated heterocycles. The Kier molecular flexibility index (Phi) is 5.69. The molecule has 3 fully saturated rings. The standard InChI is InChI=1S/C17H30N2O2S/c20-16-17(21,14-18-9-11-22-12-10-18)7-4-8-19(16)13-15-5-2-1-3-6-15/h15,21H,1-14H2. The lowest BCUT2D eigenvalue weighted by Crippen LogP contribution is -2.60. The van der Waals surface area contributed by atoms with E-state index in [2.05, 4.69) is 4.90 Å². The van der Waals surface area contributed by atoms with Crippen molar-refractivity contribution >= 4 is 17.7 Å². The van der Waals surface area contributed by atoms with Crippen molar-refractivity contribution in [3.8, 4) is 0 Å². The summed E-state index contributed by atoms with van der Waals surface area (Å²) >= 11 is 1.97. The number of β-amino-alcohol motifs (C(OH)–C–C–N with tert-alkyl or cyclic N) is 1. The normalized spacial score (nSPS) is 32.4. The fourth-order valence-electron chi connectivity index (χ4n) is 4.20. The first kappa shape index (κ1) is 16.6. The minimum atomic E-state index is -1.13. The molecule has 0 spiro atoms. The van der Waals surface area contributed by atoms with Crippen molar-refractivity contribution in [2.75, 3.05) is 44.2 Å². The minimum absolute atomic E-state index is 0.00236. The lowest BCUT2D eigenvalue weighted by atomic mass is 9.86. The second kappa shape index (κ2) is 7.54. The van der Waals surface area contributed by atoms with Crippen molar-refractivity contribution in [1.29, 1.82) is 0 Å². The van der Waals surface area contributed by atoms with Gasteiger partial charge in [0.2, 0.25) is 0 Å². The molecule has 1 atom stereocenters. The molecule has 1 N–H and O–H groups in total. The van der Waals surface area contributed by atoms with E-state index in [1.165, 1.54) is 32.1 Å². The van der Waals surface area contributed by atoms with Crippen LogP contribution in [-0.4, -0.2) is 70.6 Å². The highest BCUT2D eigenvalue weighted by Crippen LogP contribution is 2.29. The third-order valence-corrected chi connectivity index (χ3v) is 6.44. The molecule has 1 saturated carbocycles. The monoisotopic (exact) mass is 326 g/mol. The van der Waals surface area contributed by atoms with Crippen LogP contribution in [0.5, 0.6) is 0 Å². The van der Waals surface area contributed by atoms with Gasteiger partial charge in [-0.05, 0) is 31.6 Å². The second-order valence-electron chi connectivity index (χ2n) is 7.28. The Balaban J connectivity index is 1.58. The van der Waals surface area contributed by atoms with Gasteiger partial charge in [0.15, 0.2) is 5.60 Å². The van der Waals surface area contributed by atoms with E-state index in [1.54, 1.807) is 0 Å². The van der Waals surface area contributed by atoms with E-state index in [0.29, 0.717) is 18.9 Å². The van der Waals surface area contributed by atoms with Crippen molar-refractivity contribution in [3.63, 3.8) is 0 Å². The number of aliphatic hydroxyl groups is 1. The van der Waals surface area contributed by atoms with E-state index in [1.807, 2.05) is 16.7 Å². The molecule has 1 aliphatic carbocycles. The van der Waals surface area contributed by atoms with Gasteiger partial charge in [0, 0.05) is 44.2 Å². The fourth-order valence-corrected chi connectivity index (χ4v) is 5.18. The number of amides is 1. The molecule has 126 valence electrons. The maximum Gasteiger partial charge on any atom is 0.255 e. The molecule has 3 rings (SSSR count). The van der Waals surface area contributed by atoms with Gasteiger partial charge in [-0.1, -0.05) is 19.3 Å². The van der Waals surface area contributed by atoms with Gasteiger partial charge in [-0.15, -0.1) is 0 Å². The molecule has 0 aromatic rings. The number of carbonyl (C=O) groups excluding carboxylic acids is 1. The summed E-state index contributed by atoms with van der Waals surface area (Å²) in [6.45, 7) is 4.25. The Morgan fingerprint density at radius 3 is 2.55 bits per heavy atom. The number of hydrogen-bond acceptors (Lipinski definition) is 4. The predicted molar refractivity (Wildman–Crippen MR) is 91.1 cm³/mol. The Bertz CT molecular complexity index is 381. The lowest BCUT2D eigenvalue weighted by molar-refractivity contribution is -0.160. The first-order valence-corrected chi connectivity index (χ1v) is 10.1. The Morgan fingerprint density at radius 2 is 1.82 bits per heavy atom. The van der Waals surface area contributed by atoms with E-state index in [0.717, 1.165) is 44.1 Å². The molecule has 0 bridgehead atoms. The SMILES string of the molecule is O=C1N(CC2CCCCC2)CCCC1(O)CN1CCSCC1. The Labute approximate surface area is 138 Å². The largest absolute Gasteiger partial charge is 0.379 e. The van der Waals surface area contributed by atoms with Gasteiger partial charge in [-0.25, -0.2) is 0 Å². The van der Waals surface area contributed by atoms with Gasteiger partial charge in [-0.2, -0.15) is 11.8 Å². The third-order valence-electron chi connectivity index (χ3n) is 5.50. The molecular weight excluding hydrogens is 296 g/mol. The van der Waals surface area contributed by atoms with Crippen molar-refractivity contribution < 1.29 is 9.90 Å². The molecule has 3 aliphatic rings. The van der Waals surface area contributed by atoms with E-state index < -0.39 is 5.60 Å². The lowest BCUT2D eigenvalue weighted by Gasteiger charge is -2.42. The van der Waals surface area contributed by atoms with Crippen LogP contribution in [0.3, 0.4) is 0 Å². The Morgan fingerprint density at radius 1 is 1.09 bits per heavy atom. The second-order valence-corrected chi connectivity index (χ2v) is 8.50. The highest BCUT2D eigenvalue weighted by molar-refractivity contribution is 7.99. The highest BCUT2D eigenvalue weighted by atomic mass is 32.2. The molecule has 5 heteroatoms. The number of nitrogens with zero attached hydrogens (tertiary/aromatic N) is 2. The maximum absolute atomic E-state index is 12.8. The zero-order valence-corrected chi connectivity index (χ0v) is 14.5. The van der Waals surface area contributed by atoms with Gasteiger partial charge in [0.25, 0.3) is 5.91 Å². The number of hydrogen-bond donors (Lipinski definition) is 1. The number of piperidine rings is 1. The van der Waals surface area contributed by atoms with Crippen molar-refractivity contribution in [1.82, 2.24) is 9.80 Å². The van der Waals surface area contributed by atoms with E-state index in [4.69, 9.17) is 0 Å². The van der Waals surface area contributed by atoms with Crippen LogP contribution >= 0.6 is 11.8 Å². The summed E-state index contributed by atoms with van der Waals surface area (Å²) < 4.78 is 0. The topological polar surface area (TPSA) is 43.8 Å². The number of carbonyl (C=O) groups is 1. The third kappa shape index (κ3) is 3.98.